The molecular weight excluding hydrogens is 452 g/mol. The molecule has 4 rings (SSSR count). The molecule has 9 heteroatoms. The molecule has 2 aromatic heterocycles. The summed E-state index contributed by atoms with van der Waals surface area (Å²) in [6.07, 6.45) is 10.7. The van der Waals surface area contributed by atoms with Gasteiger partial charge in [-0.2, -0.15) is 5.26 Å². The maximum absolute atomic E-state index is 13.2. The van der Waals surface area contributed by atoms with Crippen molar-refractivity contribution >= 4 is 34.1 Å². The highest BCUT2D eigenvalue weighted by molar-refractivity contribution is 7.17. The molecule has 2 aliphatic carbocycles. The van der Waals surface area contributed by atoms with Gasteiger partial charge in [-0.3, -0.25) is 14.6 Å². The number of thiophene rings is 1. The summed E-state index contributed by atoms with van der Waals surface area (Å²) in [7, 11) is 1.61. The summed E-state index contributed by atoms with van der Waals surface area (Å²) in [4.78, 5) is 45.2. The second kappa shape index (κ2) is 10.3. The smallest absolute Gasteiger partial charge is 0.341 e. The molecule has 0 spiro atoms. The van der Waals surface area contributed by atoms with Crippen molar-refractivity contribution in [3.8, 4) is 6.07 Å². The van der Waals surface area contributed by atoms with Gasteiger partial charge < -0.3 is 15.0 Å². The van der Waals surface area contributed by atoms with Crippen molar-refractivity contribution < 1.29 is 19.1 Å². The van der Waals surface area contributed by atoms with E-state index < -0.39 is 24.0 Å². The topological polar surface area (TPSA) is 112 Å². The highest BCUT2D eigenvalue weighted by Crippen LogP contribution is 2.39. The average Bonchev–Trinajstić information content (AvgIpc) is 3.25. The molecular formula is C25H28N4O4S. The van der Waals surface area contributed by atoms with Gasteiger partial charge in [0.25, 0.3) is 11.8 Å². The number of anilines is 1. The largest absolute Gasteiger partial charge is 0.452 e. The van der Waals surface area contributed by atoms with E-state index in [1.54, 1.807) is 25.4 Å². The second-order valence-electron chi connectivity index (χ2n) is 8.84. The Hall–Kier alpha value is -3.25. The van der Waals surface area contributed by atoms with Crippen molar-refractivity contribution in [2.45, 2.75) is 63.3 Å². The lowest BCUT2D eigenvalue weighted by atomic mass is 9.81. The molecule has 0 atom stereocenters. The van der Waals surface area contributed by atoms with Crippen LogP contribution < -0.4 is 5.32 Å². The Kier molecular flexibility index (Phi) is 7.27. The fourth-order valence-corrected chi connectivity index (χ4v) is 6.01. The van der Waals surface area contributed by atoms with Crippen LogP contribution in [0.4, 0.5) is 5.00 Å². The van der Waals surface area contributed by atoms with Crippen LogP contribution in [0.2, 0.25) is 0 Å². The standard InChI is InChI=1S/C25H28N4O4S/c1-29(25(16-26)11-5-2-6-12-25)20(30)15-33-24(32)21-18-9-3-4-10-19(18)34-23(21)28-22(31)17-8-7-13-27-14-17/h7-8,13-14H,2-6,9-12,15H2,1H3,(H,28,31). The van der Waals surface area contributed by atoms with Gasteiger partial charge in [-0.15, -0.1) is 11.3 Å². The summed E-state index contributed by atoms with van der Waals surface area (Å²) in [5, 5.41) is 13.0. The van der Waals surface area contributed by atoms with Crippen LogP contribution in [0.1, 0.15) is 76.1 Å². The third-order valence-electron chi connectivity index (χ3n) is 6.76. The molecule has 0 aliphatic heterocycles. The van der Waals surface area contributed by atoms with E-state index in [4.69, 9.17) is 4.74 Å². The van der Waals surface area contributed by atoms with E-state index in [0.717, 1.165) is 55.4 Å². The molecule has 0 radical (unpaired) electrons. The van der Waals surface area contributed by atoms with Crippen LogP contribution in [-0.2, 0) is 22.4 Å². The molecule has 8 nitrogen and oxygen atoms in total. The van der Waals surface area contributed by atoms with Gasteiger partial charge in [0, 0.05) is 24.3 Å². The maximum Gasteiger partial charge on any atom is 0.341 e. The predicted molar refractivity (Wildman–Crippen MR) is 128 cm³/mol. The first-order valence-electron chi connectivity index (χ1n) is 11.7. The van der Waals surface area contributed by atoms with Crippen LogP contribution >= 0.6 is 11.3 Å². The number of hydrogen-bond acceptors (Lipinski definition) is 7. The van der Waals surface area contributed by atoms with Crippen molar-refractivity contribution in [2.24, 2.45) is 0 Å². The van der Waals surface area contributed by atoms with Gasteiger partial charge in [0.15, 0.2) is 6.61 Å². The highest BCUT2D eigenvalue weighted by Gasteiger charge is 2.39. The molecule has 0 unspecified atom stereocenters. The summed E-state index contributed by atoms with van der Waals surface area (Å²) in [5.41, 5.74) is 0.773. The van der Waals surface area contributed by atoms with Gasteiger partial charge in [0.2, 0.25) is 0 Å². The SMILES string of the molecule is CN(C(=O)COC(=O)c1c(NC(=O)c2cccnc2)sc2c1CCCC2)C1(C#N)CCCCC1. The van der Waals surface area contributed by atoms with E-state index in [1.165, 1.54) is 22.4 Å². The van der Waals surface area contributed by atoms with E-state index in [-0.39, 0.29) is 5.91 Å². The molecule has 0 saturated heterocycles. The molecule has 0 aromatic carbocycles. The number of aryl methyl sites for hydroxylation is 1. The monoisotopic (exact) mass is 480 g/mol. The number of carbonyl (C=O) groups is 3. The molecule has 178 valence electrons. The lowest BCUT2D eigenvalue weighted by Crippen LogP contribution is -2.51. The van der Waals surface area contributed by atoms with Crippen LogP contribution in [-0.4, -0.2) is 46.9 Å². The van der Waals surface area contributed by atoms with Gasteiger partial charge in [-0.05, 0) is 56.2 Å². The number of ether oxygens (including phenoxy) is 1. The van der Waals surface area contributed by atoms with E-state index in [1.807, 2.05) is 0 Å². The van der Waals surface area contributed by atoms with Gasteiger partial charge >= 0.3 is 5.97 Å². The van der Waals surface area contributed by atoms with E-state index in [9.17, 15) is 19.6 Å². The lowest BCUT2D eigenvalue weighted by Gasteiger charge is -2.38. The zero-order chi connectivity index (χ0) is 24.1. The van der Waals surface area contributed by atoms with E-state index in [0.29, 0.717) is 29.0 Å². The number of amides is 2. The summed E-state index contributed by atoms with van der Waals surface area (Å²) >= 11 is 1.39. The van der Waals surface area contributed by atoms with Gasteiger partial charge in [0.05, 0.1) is 17.2 Å². The Morgan fingerprint density at radius 3 is 2.68 bits per heavy atom. The average molecular weight is 481 g/mol. The zero-order valence-corrected chi connectivity index (χ0v) is 20.1. The summed E-state index contributed by atoms with van der Waals surface area (Å²) in [5.74, 6) is -1.39. The number of nitrogens with zero attached hydrogens (tertiary/aromatic N) is 3. The fraction of sp³-hybridized carbons (Fsp3) is 0.480. The summed E-state index contributed by atoms with van der Waals surface area (Å²) in [6, 6.07) is 5.64. The van der Waals surface area contributed by atoms with Crippen LogP contribution in [0.25, 0.3) is 0 Å². The van der Waals surface area contributed by atoms with E-state index in [2.05, 4.69) is 16.4 Å². The first-order chi connectivity index (χ1) is 16.4. The molecule has 34 heavy (non-hydrogen) atoms. The normalized spacial score (nSPS) is 16.6. The van der Waals surface area contributed by atoms with E-state index >= 15 is 0 Å². The lowest BCUT2D eigenvalue weighted by molar-refractivity contribution is -0.138. The number of esters is 1. The number of rotatable bonds is 6. The van der Waals surface area contributed by atoms with Crippen LogP contribution in [0.5, 0.6) is 0 Å². The van der Waals surface area contributed by atoms with Crippen molar-refractivity contribution in [1.29, 1.82) is 5.26 Å². The third-order valence-corrected chi connectivity index (χ3v) is 7.97. The van der Waals surface area contributed by atoms with Gasteiger partial charge in [-0.1, -0.05) is 19.3 Å². The molecule has 1 saturated carbocycles. The Morgan fingerprint density at radius 2 is 1.97 bits per heavy atom. The van der Waals surface area contributed by atoms with Crippen LogP contribution in [0.3, 0.4) is 0 Å². The number of carbonyl (C=O) groups excluding carboxylic acids is 3. The minimum Gasteiger partial charge on any atom is -0.452 e. The zero-order valence-electron chi connectivity index (χ0n) is 19.3. The Bertz CT molecular complexity index is 1120. The van der Waals surface area contributed by atoms with Crippen molar-refractivity contribution in [2.75, 3.05) is 19.0 Å². The molecule has 2 aliphatic rings. The number of fused-ring (bicyclic) bond motifs is 1. The number of aromatic nitrogens is 1. The molecule has 1 N–H and O–H groups in total. The minimum atomic E-state index is -0.841. The molecule has 2 aromatic rings. The van der Waals surface area contributed by atoms with Gasteiger partial charge in [-0.25, -0.2) is 4.79 Å². The Labute approximate surface area is 202 Å². The van der Waals surface area contributed by atoms with Crippen LogP contribution in [0.15, 0.2) is 24.5 Å². The predicted octanol–water partition coefficient (Wildman–Crippen LogP) is 4.12. The van der Waals surface area contributed by atoms with Crippen molar-refractivity contribution in [1.82, 2.24) is 9.88 Å². The summed E-state index contributed by atoms with van der Waals surface area (Å²) < 4.78 is 5.45. The first kappa shape index (κ1) is 23.9. The van der Waals surface area contributed by atoms with Crippen molar-refractivity contribution in [3.05, 3.63) is 46.1 Å². The quantitative estimate of drug-likeness (QED) is 0.623. The Balaban J connectivity index is 1.50. The van der Waals surface area contributed by atoms with Crippen molar-refractivity contribution in [3.63, 3.8) is 0 Å². The summed E-state index contributed by atoms with van der Waals surface area (Å²) in [6.45, 7) is -0.445. The number of nitrogens with one attached hydrogen (secondary N) is 1. The Morgan fingerprint density at radius 1 is 1.21 bits per heavy atom. The second-order valence-corrected chi connectivity index (χ2v) is 9.95. The van der Waals surface area contributed by atoms with Crippen LogP contribution in [0, 0.1) is 11.3 Å². The van der Waals surface area contributed by atoms with Gasteiger partial charge in [0.1, 0.15) is 10.5 Å². The fourth-order valence-electron chi connectivity index (χ4n) is 4.74. The molecule has 0 bridgehead atoms. The first-order valence-corrected chi connectivity index (χ1v) is 12.5. The molecule has 1 fully saturated rings. The number of pyridine rings is 1. The maximum atomic E-state index is 13.2. The number of hydrogen-bond donors (Lipinski definition) is 1. The number of nitriles is 1. The number of likely N-dealkylation sites (N-methyl/N-ethyl adjacent to an activating group) is 1. The highest BCUT2D eigenvalue weighted by atomic mass is 32.1. The molecule has 2 amide bonds. The molecule has 2 heterocycles. The minimum absolute atomic E-state index is 0.333. The third kappa shape index (κ3) is 4.82.